The van der Waals surface area contributed by atoms with E-state index in [0.29, 0.717) is 23.4 Å². The summed E-state index contributed by atoms with van der Waals surface area (Å²) in [5.74, 6) is 0.785. The molecule has 1 aromatic heterocycles. The summed E-state index contributed by atoms with van der Waals surface area (Å²) in [6.45, 7) is 6.23. The Morgan fingerprint density at radius 3 is 2.86 bits per heavy atom. The summed E-state index contributed by atoms with van der Waals surface area (Å²) in [5.41, 5.74) is 4.27. The molecule has 0 radical (unpaired) electrons. The van der Waals surface area contributed by atoms with Gasteiger partial charge in [0.05, 0.1) is 11.1 Å². The molecule has 29 heavy (non-hydrogen) atoms. The summed E-state index contributed by atoms with van der Waals surface area (Å²) < 4.78 is 6.02. The standard InChI is InChI=1S/C23H23N3O3/c1-14-2-4-19-17(10-14)15(12-25-19)11-21-22(28)16-3-5-20(27)18(23(16)29-21)13-26-8-6-24-7-9-26/h2-5,10-12,24-25,27H,6-9,13H2,1H3. The summed E-state index contributed by atoms with van der Waals surface area (Å²) in [4.78, 5) is 18.5. The number of aromatic hydroxyl groups is 1. The number of nitrogens with one attached hydrogen (secondary N) is 2. The zero-order valence-electron chi connectivity index (χ0n) is 16.3. The Bertz CT molecular complexity index is 1140. The van der Waals surface area contributed by atoms with E-state index in [-0.39, 0.29) is 17.3 Å². The third-order valence-corrected chi connectivity index (χ3v) is 5.66. The maximum atomic E-state index is 13.0. The van der Waals surface area contributed by atoms with E-state index in [1.165, 1.54) is 0 Å². The van der Waals surface area contributed by atoms with Gasteiger partial charge in [-0.05, 0) is 37.3 Å². The van der Waals surface area contributed by atoms with Crippen LogP contribution < -0.4 is 10.1 Å². The Hall–Kier alpha value is -3.09. The van der Waals surface area contributed by atoms with Crippen molar-refractivity contribution < 1.29 is 14.6 Å². The molecule has 5 rings (SSSR count). The monoisotopic (exact) mass is 389 g/mol. The quantitative estimate of drug-likeness (QED) is 0.600. The van der Waals surface area contributed by atoms with Crippen LogP contribution in [0.5, 0.6) is 11.5 Å². The average Bonchev–Trinajstić information content (AvgIpc) is 3.26. The number of ether oxygens (including phenoxy) is 1. The molecule has 0 amide bonds. The van der Waals surface area contributed by atoms with Crippen LogP contribution >= 0.6 is 0 Å². The summed E-state index contributed by atoms with van der Waals surface area (Å²) >= 11 is 0. The lowest BCUT2D eigenvalue weighted by atomic mass is 10.0. The number of hydrogen-bond acceptors (Lipinski definition) is 5. The van der Waals surface area contributed by atoms with E-state index >= 15 is 0 Å². The maximum absolute atomic E-state index is 13.0. The minimum atomic E-state index is -0.149. The number of aromatic amines is 1. The van der Waals surface area contributed by atoms with Gasteiger partial charge in [-0.15, -0.1) is 0 Å². The number of benzene rings is 2. The number of piperazine rings is 1. The van der Waals surface area contributed by atoms with E-state index < -0.39 is 0 Å². The molecule has 3 aromatic rings. The molecule has 6 heteroatoms. The molecule has 0 bridgehead atoms. The lowest BCUT2D eigenvalue weighted by molar-refractivity contribution is 0.101. The van der Waals surface area contributed by atoms with E-state index in [9.17, 15) is 9.90 Å². The van der Waals surface area contributed by atoms with Crippen LogP contribution in [0.1, 0.15) is 27.0 Å². The lowest BCUT2D eigenvalue weighted by Gasteiger charge is -2.27. The molecule has 0 saturated carbocycles. The van der Waals surface area contributed by atoms with E-state index in [0.717, 1.165) is 48.2 Å². The number of phenolic OH excluding ortho intramolecular Hbond substituents is 1. The molecule has 0 aliphatic carbocycles. The second kappa shape index (κ2) is 7.06. The van der Waals surface area contributed by atoms with Gasteiger partial charge in [0.2, 0.25) is 5.78 Å². The Kier molecular flexibility index (Phi) is 4.38. The number of rotatable bonds is 3. The number of phenols is 1. The Morgan fingerprint density at radius 1 is 1.21 bits per heavy atom. The average molecular weight is 389 g/mol. The first-order valence-corrected chi connectivity index (χ1v) is 9.90. The van der Waals surface area contributed by atoms with Crippen LogP contribution in [0.3, 0.4) is 0 Å². The van der Waals surface area contributed by atoms with Gasteiger partial charge < -0.3 is 20.1 Å². The van der Waals surface area contributed by atoms with Crippen LogP contribution in [0.2, 0.25) is 0 Å². The van der Waals surface area contributed by atoms with Gasteiger partial charge in [-0.1, -0.05) is 11.6 Å². The van der Waals surface area contributed by atoms with Crippen molar-refractivity contribution in [3.05, 3.63) is 64.5 Å². The predicted octanol–water partition coefficient (Wildman–Crippen LogP) is 3.20. The van der Waals surface area contributed by atoms with Gasteiger partial charge in [-0.2, -0.15) is 0 Å². The van der Waals surface area contributed by atoms with Gasteiger partial charge in [0, 0.05) is 55.4 Å². The highest BCUT2D eigenvalue weighted by Crippen LogP contribution is 2.40. The largest absolute Gasteiger partial charge is 0.507 e. The smallest absolute Gasteiger partial charge is 0.231 e. The number of aromatic nitrogens is 1. The maximum Gasteiger partial charge on any atom is 0.231 e. The Labute approximate surface area is 168 Å². The zero-order chi connectivity index (χ0) is 20.0. The van der Waals surface area contributed by atoms with Crippen molar-refractivity contribution >= 4 is 22.8 Å². The second-order valence-electron chi connectivity index (χ2n) is 7.70. The second-order valence-corrected chi connectivity index (χ2v) is 7.70. The minimum Gasteiger partial charge on any atom is -0.507 e. The van der Waals surface area contributed by atoms with Gasteiger partial charge in [0.1, 0.15) is 11.5 Å². The van der Waals surface area contributed by atoms with E-state index in [1.807, 2.05) is 25.3 Å². The fourth-order valence-corrected chi connectivity index (χ4v) is 4.06. The number of carbonyl (C=O) groups excluding carboxylic acids is 1. The van der Waals surface area contributed by atoms with E-state index in [1.54, 1.807) is 18.2 Å². The first-order valence-electron chi connectivity index (χ1n) is 9.90. The van der Waals surface area contributed by atoms with Crippen LogP contribution in [0, 0.1) is 6.92 Å². The molecule has 1 saturated heterocycles. The van der Waals surface area contributed by atoms with E-state index in [4.69, 9.17) is 4.74 Å². The first-order chi connectivity index (χ1) is 14.1. The number of carbonyl (C=O) groups is 1. The summed E-state index contributed by atoms with van der Waals surface area (Å²) in [6, 6.07) is 9.41. The summed E-state index contributed by atoms with van der Waals surface area (Å²) in [5, 5.41) is 14.8. The molecule has 2 aliphatic rings. The number of nitrogens with zero attached hydrogens (tertiary/aromatic N) is 1. The molecule has 3 heterocycles. The normalized spacial score (nSPS) is 18.4. The molecule has 0 atom stereocenters. The lowest BCUT2D eigenvalue weighted by Crippen LogP contribution is -2.42. The predicted molar refractivity (Wildman–Crippen MR) is 112 cm³/mol. The van der Waals surface area contributed by atoms with Crippen molar-refractivity contribution in [3.63, 3.8) is 0 Å². The van der Waals surface area contributed by atoms with Gasteiger partial charge in [0.15, 0.2) is 5.76 Å². The number of ketones is 1. The van der Waals surface area contributed by atoms with E-state index in [2.05, 4.69) is 21.3 Å². The van der Waals surface area contributed by atoms with Crippen LogP contribution in [0.25, 0.3) is 17.0 Å². The van der Waals surface area contributed by atoms with Crippen LogP contribution in [0.15, 0.2) is 42.3 Å². The molecule has 6 nitrogen and oxygen atoms in total. The first kappa shape index (κ1) is 18.0. The molecule has 1 fully saturated rings. The highest BCUT2D eigenvalue weighted by molar-refractivity contribution is 6.15. The summed E-state index contributed by atoms with van der Waals surface area (Å²) in [7, 11) is 0. The molecule has 3 N–H and O–H groups in total. The van der Waals surface area contributed by atoms with Crippen molar-refractivity contribution in [2.45, 2.75) is 13.5 Å². The van der Waals surface area contributed by atoms with Gasteiger partial charge in [-0.3, -0.25) is 9.69 Å². The van der Waals surface area contributed by atoms with Crippen LogP contribution in [0.4, 0.5) is 0 Å². The van der Waals surface area contributed by atoms with Crippen molar-refractivity contribution in [1.82, 2.24) is 15.2 Å². The zero-order valence-corrected chi connectivity index (χ0v) is 16.3. The number of Topliss-reactive ketones (excluding diaryl/α,β-unsaturated/α-hetero) is 1. The van der Waals surface area contributed by atoms with Gasteiger partial charge >= 0.3 is 0 Å². The molecule has 148 valence electrons. The highest BCUT2D eigenvalue weighted by Gasteiger charge is 2.32. The topological polar surface area (TPSA) is 77.6 Å². The molecular formula is C23H23N3O3. The fourth-order valence-electron chi connectivity index (χ4n) is 4.06. The number of H-pyrrole nitrogens is 1. The fraction of sp³-hybridized carbons (Fsp3) is 0.261. The number of hydrogen-bond donors (Lipinski definition) is 3. The van der Waals surface area contributed by atoms with Crippen molar-refractivity contribution in [2.75, 3.05) is 26.2 Å². The summed E-state index contributed by atoms with van der Waals surface area (Å²) in [6.07, 6.45) is 3.67. The molecule has 2 aliphatic heterocycles. The minimum absolute atomic E-state index is 0.149. The van der Waals surface area contributed by atoms with Gasteiger partial charge in [0.25, 0.3) is 0 Å². The SMILES string of the molecule is Cc1ccc2[nH]cc(C=C3Oc4c(ccc(O)c4CN4CCNCC4)C3=O)c2c1. The third-order valence-electron chi connectivity index (χ3n) is 5.66. The van der Waals surface area contributed by atoms with Crippen molar-refractivity contribution in [2.24, 2.45) is 0 Å². The highest BCUT2D eigenvalue weighted by atomic mass is 16.5. The number of fused-ring (bicyclic) bond motifs is 2. The Morgan fingerprint density at radius 2 is 2.03 bits per heavy atom. The third kappa shape index (κ3) is 3.20. The molecule has 2 aromatic carbocycles. The van der Waals surface area contributed by atoms with Crippen LogP contribution in [-0.2, 0) is 6.54 Å². The van der Waals surface area contributed by atoms with Crippen molar-refractivity contribution in [1.29, 1.82) is 0 Å². The molecular weight excluding hydrogens is 366 g/mol. The molecule has 0 spiro atoms. The van der Waals surface area contributed by atoms with Crippen LogP contribution in [-0.4, -0.2) is 47.0 Å². The number of allylic oxidation sites excluding steroid dienone is 1. The van der Waals surface area contributed by atoms with Gasteiger partial charge in [-0.25, -0.2) is 0 Å². The number of aryl methyl sites for hydroxylation is 1. The molecule has 0 unspecified atom stereocenters. The van der Waals surface area contributed by atoms with Crippen molar-refractivity contribution in [3.8, 4) is 11.5 Å². The Balaban J connectivity index is 1.50.